The van der Waals surface area contributed by atoms with Crippen LogP contribution in [0, 0.1) is 0 Å². The minimum Gasteiger partial charge on any atom is -0.497 e. The van der Waals surface area contributed by atoms with E-state index in [0.29, 0.717) is 0 Å². The fourth-order valence-corrected chi connectivity index (χ4v) is 2.74. The van der Waals surface area contributed by atoms with Crippen molar-refractivity contribution in [1.29, 1.82) is 0 Å². The zero-order valence-electron chi connectivity index (χ0n) is 12.7. The number of aryl methyl sites for hydroxylation is 1. The maximum absolute atomic E-state index is 12.5. The molecule has 0 bridgehead atoms. The predicted octanol–water partition coefficient (Wildman–Crippen LogP) is 3.69. The third-order valence-electron chi connectivity index (χ3n) is 3.91. The fraction of sp³-hybridized carbons (Fsp3) is 0.211. The van der Waals surface area contributed by atoms with Gasteiger partial charge in [0.2, 0.25) is 0 Å². The zero-order chi connectivity index (χ0) is 15.4. The van der Waals surface area contributed by atoms with Gasteiger partial charge in [-0.1, -0.05) is 30.3 Å². The quantitative estimate of drug-likeness (QED) is 0.808. The first-order valence-corrected chi connectivity index (χ1v) is 7.49. The first-order chi connectivity index (χ1) is 10.8. The minimum atomic E-state index is 0.0305. The van der Waals surface area contributed by atoms with Gasteiger partial charge in [0.25, 0.3) is 5.91 Å². The fourth-order valence-electron chi connectivity index (χ4n) is 2.74. The predicted molar refractivity (Wildman–Crippen MR) is 89.1 cm³/mol. The van der Waals surface area contributed by atoms with Gasteiger partial charge in [0, 0.05) is 18.3 Å². The Morgan fingerprint density at radius 3 is 2.68 bits per heavy atom. The topological polar surface area (TPSA) is 29.5 Å². The normalized spacial score (nSPS) is 14.0. The molecule has 1 aliphatic heterocycles. The number of nitrogens with zero attached hydrogens (tertiary/aromatic N) is 1. The van der Waals surface area contributed by atoms with Crippen LogP contribution in [0.1, 0.15) is 17.5 Å². The average Bonchev–Trinajstić information content (AvgIpc) is 2.59. The van der Waals surface area contributed by atoms with Gasteiger partial charge in [-0.15, -0.1) is 0 Å². The number of carbonyl (C=O) groups excluding carboxylic acids is 1. The number of anilines is 1. The highest BCUT2D eigenvalue weighted by Gasteiger charge is 2.20. The summed E-state index contributed by atoms with van der Waals surface area (Å²) in [5, 5.41) is 0. The molecule has 0 spiro atoms. The molecule has 0 atom stereocenters. The van der Waals surface area contributed by atoms with Crippen molar-refractivity contribution < 1.29 is 9.53 Å². The van der Waals surface area contributed by atoms with Gasteiger partial charge >= 0.3 is 0 Å². The van der Waals surface area contributed by atoms with Crippen LogP contribution in [-0.4, -0.2) is 19.6 Å². The van der Waals surface area contributed by atoms with Gasteiger partial charge in [0.05, 0.1) is 7.11 Å². The maximum Gasteiger partial charge on any atom is 0.250 e. The Morgan fingerprint density at radius 1 is 1.14 bits per heavy atom. The molecule has 0 aliphatic carbocycles. The van der Waals surface area contributed by atoms with Gasteiger partial charge in [-0.2, -0.15) is 0 Å². The lowest BCUT2D eigenvalue weighted by atomic mass is 10.0. The van der Waals surface area contributed by atoms with Crippen LogP contribution in [0.5, 0.6) is 5.75 Å². The van der Waals surface area contributed by atoms with E-state index in [9.17, 15) is 4.79 Å². The van der Waals surface area contributed by atoms with Crippen LogP contribution in [-0.2, 0) is 11.2 Å². The number of rotatable bonds is 3. The number of ether oxygens (including phenoxy) is 1. The minimum absolute atomic E-state index is 0.0305. The lowest BCUT2D eigenvalue weighted by Crippen LogP contribution is -2.34. The lowest BCUT2D eigenvalue weighted by molar-refractivity contribution is -0.114. The number of methoxy groups -OCH3 is 1. The highest BCUT2D eigenvalue weighted by Crippen LogP contribution is 2.27. The maximum atomic E-state index is 12.5. The van der Waals surface area contributed by atoms with Crippen LogP contribution in [0.15, 0.2) is 54.6 Å². The Morgan fingerprint density at radius 2 is 1.91 bits per heavy atom. The molecule has 0 fully saturated rings. The monoisotopic (exact) mass is 293 g/mol. The highest BCUT2D eigenvalue weighted by atomic mass is 16.5. The Kier molecular flexibility index (Phi) is 4.24. The van der Waals surface area contributed by atoms with Crippen LogP contribution in [0.25, 0.3) is 6.08 Å². The Balaban J connectivity index is 1.76. The van der Waals surface area contributed by atoms with E-state index < -0.39 is 0 Å². The zero-order valence-corrected chi connectivity index (χ0v) is 12.7. The van der Waals surface area contributed by atoms with Crippen LogP contribution in [0.3, 0.4) is 0 Å². The molecular formula is C19H19NO2. The Hall–Kier alpha value is -2.55. The average molecular weight is 293 g/mol. The Bertz CT molecular complexity index is 689. The van der Waals surface area contributed by atoms with E-state index in [-0.39, 0.29) is 5.91 Å². The number of fused-ring (bicyclic) bond motifs is 1. The number of benzene rings is 2. The van der Waals surface area contributed by atoms with Gasteiger partial charge in [0.1, 0.15) is 5.75 Å². The van der Waals surface area contributed by atoms with Crippen molar-refractivity contribution in [3.05, 3.63) is 65.7 Å². The third kappa shape index (κ3) is 3.03. The Labute approximate surface area is 130 Å². The number of amides is 1. The van der Waals surface area contributed by atoms with Crippen LogP contribution < -0.4 is 9.64 Å². The van der Waals surface area contributed by atoms with Crippen molar-refractivity contribution in [3.63, 3.8) is 0 Å². The molecule has 3 nitrogen and oxygen atoms in total. The molecule has 0 radical (unpaired) electrons. The molecule has 3 heteroatoms. The summed E-state index contributed by atoms with van der Waals surface area (Å²) in [4.78, 5) is 14.3. The molecule has 0 unspecified atom stereocenters. The second kappa shape index (κ2) is 6.48. The van der Waals surface area contributed by atoms with Gasteiger partial charge in [-0.05, 0) is 48.2 Å². The molecule has 1 heterocycles. The van der Waals surface area contributed by atoms with Crippen molar-refractivity contribution >= 4 is 17.7 Å². The van der Waals surface area contributed by atoms with Crippen molar-refractivity contribution in [2.45, 2.75) is 12.8 Å². The molecule has 0 saturated heterocycles. The third-order valence-corrected chi connectivity index (χ3v) is 3.91. The van der Waals surface area contributed by atoms with E-state index in [4.69, 9.17) is 4.74 Å². The van der Waals surface area contributed by atoms with Crippen molar-refractivity contribution in [3.8, 4) is 5.75 Å². The summed E-state index contributed by atoms with van der Waals surface area (Å²) in [6.07, 6.45) is 5.55. The van der Waals surface area contributed by atoms with Crippen LogP contribution >= 0.6 is 0 Å². The number of carbonyl (C=O) groups is 1. The van der Waals surface area contributed by atoms with Gasteiger partial charge < -0.3 is 9.64 Å². The smallest absolute Gasteiger partial charge is 0.250 e. The first-order valence-electron chi connectivity index (χ1n) is 7.49. The molecule has 22 heavy (non-hydrogen) atoms. The van der Waals surface area contributed by atoms with E-state index >= 15 is 0 Å². The van der Waals surface area contributed by atoms with E-state index in [1.165, 1.54) is 5.56 Å². The molecule has 3 rings (SSSR count). The summed E-state index contributed by atoms with van der Waals surface area (Å²) >= 11 is 0. The molecule has 1 amide bonds. The van der Waals surface area contributed by atoms with Crippen molar-refractivity contribution in [2.75, 3.05) is 18.6 Å². The molecule has 2 aromatic rings. The summed E-state index contributed by atoms with van der Waals surface area (Å²) in [6.45, 7) is 0.781. The summed E-state index contributed by atoms with van der Waals surface area (Å²) in [5.74, 6) is 0.844. The van der Waals surface area contributed by atoms with Gasteiger partial charge in [-0.3, -0.25) is 4.79 Å². The van der Waals surface area contributed by atoms with Gasteiger partial charge in [-0.25, -0.2) is 0 Å². The van der Waals surface area contributed by atoms with Crippen molar-refractivity contribution in [1.82, 2.24) is 0 Å². The largest absolute Gasteiger partial charge is 0.497 e. The lowest BCUT2D eigenvalue weighted by Gasteiger charge is -2.28. The molecule has 0 saturated carbocycles. The molecule has 1 aliphatic rings. The number of para-hydroxylation sites is 1. The molecule has 112 valence electrons. The second-order valence-corrected chi connectivity index (χ2v) is 5.33. The summed E-state index contributed by atoms with van der Waals surface area (Å²) in [5.41, 5.74) is 3.28. The number of hydrogen-bond donors (Lipinski definition) is 0. The summed E-state index contributed by atoms with van der Waals surface area (Å²) in [7, 11) is 1.64. The second-order valence-electron chi connectivity index (χ2n) is 5.33. The van der Waals surface area contributed by atoms with Crippen LogP contribution in [0.4, 0.5) is 5.69 Å². The summed E-state index contributed by atoms with van der Waals surface area (Å²) < 4.78 is 5.13. The molecule has 2 aromatic carbocycles. The SMILES string of the molecule is COc1ccc(/C=C/C(=O)N2CCCc3ccccc32)cc1. The van der Waals surface area contributed by atoms with E-state index in [1.54, 1.807) is 13.2 Å². The molecule has 0 N–H and O–H groups in total. The van der Waals surface area contributed by atoms with E-state index in [0.717, 1.165) is 36.4 Å². The first kappa shape index (κ1) is 14.4. The van der Waals surface area contributed by atoms with Crippen LogP contribution in [0.2, 0.25) is 0 Å². The van der Waals surface area contributed by atoms with E-state index in [1.807, 2.05) is 53.4 Å². The summed E-state index contributed by atoms with van der Waals surface area (Å²) in [6, 6.07) is 15.8. The van der Waals surface area contributed by atoms with Gasteiger partial charge in [0.15, 0.2) is 0 Å². The number of hydrogen-bond acceptors (Lipinski definition) is 2. The molecular weight excluding hydrogens is 274 g/mol. The molecule has 0 aromatic heterocycles. The van der Waals surface area contributed by atoms with Crippen molar-refractivity contribution in [2.24, 2.45) is 0 Å². The van der Waals surface area contributed by atoms with E-state index in [2.05, 4.69) is 6.07 Å². The highest BCUT2D eigenvalue weighted by molar-refractivity contribution is 6.04. The standard InChI is InChI=1S/C19H19NO2/c1-22-17-11-8-15(9-12-17)10-13-19(21)20-14-4-6-16-5-2-3-7-18(16)20/h2-3,5,7-13H,4,6,14H2,1H3/b13-10+.